The van der Waals surface area contributed by atoms with Crippen LogP contribution in [0.15, 0.2) is 18.2 Å². The van der Waals surface area contributed by atoms with Gasteiger partial charge in [0.1, 0.15) is 24.2 Å². The molecule has 2 unspecified atom stereocenters. The number of likely N-dealkylation sites (N-methyl/N-ethyl adjacent to an activating group) is 1. The lowest BCUT2D eigenvalue weighted by Gasteiger charge is -2.23. The molecule has 2 atom stereocenters. The first-order chi connectivity index (χ1) is 9.36. The quantitative estimate of drug-likeness (QED) is 0.904. The highest BCUT2D eigenvalue weighted by Crippen LogP contribution is 2.35. The minimum Gasteiger partial charge on any atom is -0.491 e. The zero-order valence-corrected chi connectivity index (χ0v) is 11.4. The fourth-order valence-corrected chi connectivity index (χ4v) is 2.68. The average Bonchev–Trinajstić information content (AvgIpc) is 2.83. The molecule has 19 heavy (non-hydrogen) atoms. The average molecular weight is 263 g/mol. The Balaban J connectivity index is 1.68. The first kappa shape index (κ1) is 12.8. The maximum Gasteiger partial charge on any atom is 0.128 e. The molecule has 1 aromatic carbocycles. The van der Waals surface area contributed by atoms with Crippen molar-refractivity contribution in [3.05, 3.63) is 23.8 Å². The zero-order chi connectivity index (χ0) is 13.1. The van der Waals surface area contributed by atoms with E-state index in [1.165, 1.54) is 5.56 Å². The Morgan fingerprint density at radius 1 is 1.37 bits per heavy atom. The number of benzene rings is 1. The van der Waals surface area contributed by atoms with Gasteiger partial charge in [0.25, 0.3) is 0 Å². The molecular weight excluding hydrogens is 242 g/mol. The van der Waals surface area contributed by atoms with Crippen molar-refractivity contribution in [1.29, 1.82) is 0 Å². The third-order valence-corrected chi connectivity index (χ3v) is 3.64. The van der Waals surface area contributed by atoms with Gasteiger partial charge in [-0.1, -0.05) is 6.92 Å². The normalized spacial score (nSPS) is 25.7. The topological polar surface area (TPSA) is 39.7 Å². The number of hydrogen-bond donors (Lipinski definition) is 1. The van der Waals surface area contributed by atoms with Crippen molar-refractivity contribution in [2.45, 2.75) is 31.9 Å². The van der Waals surface area contributed by atoms with E-state index in [1.807, 2.05) is 12.1 Å². The molecule has 0 aliphatic carbocycles. The van der Waals surface area contributed by atoms with E-state index < -0.39 is 0 Å². The Hall–Kier alpha value is -1.26. The smallest absolute Gasteiger partial charge is 0.128 e. The lowest BCUT2D eigenvalue weighted by molar-refractivity contribution is 0.00736. The van der Waals surface area contributed by atoms with Crippen LogP contribution in [-0.4, -0.2) is 32.5 Å². The van der Waals surface area contributed by atoms with Crippen LogP contribution in [0.2, 0.25) is 0 Å². The molecule has 2 aliphatic heterocycles. The van der Waals surface area contributed by atoms with Gasteiger partial charge in [0, 0.05) is 18.2 Å². The molecule has 4 nitrogen and oxygen atoms in total. The standard InChI is InChI=1S/C15H21NO3/c1-2-16-14-10-18-15-8-11(5-6-13(14)15)19-12-4-3-7-17-9-12/h5-6,8,12,14,16H,2-4,7,9-10H2,1H3. The van der Waals surface area contributed by atoms with E-state index in [1.54, 1.807) is 0 Å². The van der Waals surface area contributed by atoms with Gasteiger partial charge in [-0.15, -0.1) is 0 Å². The van der Waals surface area contributed by atoms with Crippen molar-refractivity contribution >= 4 is 0 Å². The predicted molar refractivity (Wildman–Crippen MR) is 72.8 cm³/mol. The highest BCUT2D eigenvalue weighted by Gasteiger charge is 2.24. The van der Waals surface area contributed by atoms with Crippen LogP contribution in [0.3, 0.4) is 0 Å². The summed E-state index contributed by atoms with van der Waals surface area (Å²) in [6.45, 7) is 5.32. The van der Waals surface area contributed by atoms with Crippen molar-refractivity contribution in [1.82, 2.24) is 5.32 Å². The lowest BCUT2D eigenvalue weighted by Crippen LogP contribution is -2.27. The zero-order valence-electron chi connectivity index (χ0n) is 11.4. The maximum atomic E-state index is 5.95. The molecule has 0 saturated carbocycles. The first-order valence-electron chi connectivity index (χ1n) is 7.11. The molecule has 2 heterocycles. The summed E-state index contributed by atoms with van der Waals surface area (Å²) in [5.74, 6) is 1.83. The van der Waals surface area contributed by atoms with Gasteiger partial charge in [-0.05, 0) is 31.5 Å². The minimum absolute atomic E-state index is 0.178. The minimum atomic E-state index is 0.178. The second-order valence-corrected chi connectivity index (χ2v) is 5.08. The van der Waals surface area contributed by atoms with Gasteiger partial charge in [0.05, 0.1) is 12.6 Å². The summed E-state index contributed by atoms with van der Waals surface area (Å²) in [4.78, 5) is 0. The van der Waals surface area contributed by atoms with E-state index in [2.05, 4.69) is 18.3 Å². The predicted octanol–water partition coefficient (Wildman–Crippen LogP) is 2.29. The van der Waals surface area contributed by atoms with Gasteiger partial charge in [0.15, 0.2) is 0 Å². The van der Waals surface area contributed by atoms with Gasteiger partial charge in [-0.25, -0.2) is 0 Å². The van der Waals surface area contributed by atoms with Gasteiger partial charge < -0.3 is 19.5 Å². The Labute approximate surface area is 114 Å². The van der Waals surface area contributed by atoms with Crippen molar-refractivity contribution in [2.24, 2.45) is 0 Å². The molecule has 0 radical (unpaired) electrons. The van der Waals surface area contributed by atoms with Gasteiger partial charge in [0.2, 0.25) is 0 Å². The Bertz CT molecular complexity index is 429. The fraction of sp³-hybridized carbons (Fsp3) is 0.600. The number of ether oxygens (including phenoxy) is 3. The number of hydrogen-bond acceptors (Lipinski definition) is 4. The maximum absolute atomic E-state index is 5.95. The van der Waals surface area contributed by atoms with E-state index >= 15 is 0 Å². The molecule has 0 bridgehead atoms. The van der Waals surface area contributed by atoms with Crippen molar-refractivity contribution < 1.29 is 14.2 Å². The largest absolute Gasteiger partial charge is 0.491 e. The molecule has 1 saturated heterocycles. The third-order valence-electron chi connectivity index (χ3n) is 3.64. The second kappa shape index (κ2) is 5.80. The molecule has 4 heteroatoms. The summed E-state index contributed by atoms with van der Waals surface area (Å²) >= 11 is 0. The van der Waals surface area contributed by atoms with Crippen molar-refractivity contribution in [2.75, 3.05) is 26.4 Å². The summed E-state index contributed by atoms with van der Waals surface area (Å²) in [7, 11) is 0. The van der Waals surface area contributed by atoms with E-state index in [0.29, 0.717) is 19.3 Å². The molecule has 1 aromatic rings. The Morgan fingerprint density at radius 3 is 3.11 bits per heavy atom. The Morgan fingerprint density at radius 2 is 2.32 bits per heavy atom. The third kappa shape index (κ3) is 2.85. The van der Waals surface area contributed by atoms with Gasteiger partial charge >= 0.3 is 0 Å². The van der Waals surface area contributed by atoms with E-state index in [4.69, 9.17) is 14.2 Å². The van der Waals surface area contributed by atoms with Crippen LogP contribution in [-0.2, 0) is 4.74 Å². The molecule has 2 aliphatic rings. The molecule has 0 aromatic heterocycles. The highest BCUT2D eigenvalue weighted by atomic mass is 16.5. The molecule has 1 N–H and O–H groups in total. The van der Waals surface area contributed by atoms with Crippen LogP contribution in [0.5, 0.6) is 11.5 Å². The highest BCUT2D eigenvalue weighted by molar-refractivity contribution is 5.45. The molecule has 0 amide bonds. The number of nitrogens with one attached hydrogen (secondary N) is 1. The second-order valence-electron chi connectivity index (χ2n) is 5.08. The van der Waals surface area contributed by atoms with Crippen LogP contribution >= 0.6 is 0 Å². The van der Waals surface area contributed by atoms with Crippen LogP contribution in [0.25, 0.3) is 0 Å². The summed E-state index contributed by atoms with van der Waals surface area (Å²) in [6.07, 6.45) is 2.32. The van der Waals surface area contributed by atoms with E-state index in [-0.39, 0.29) is 6.10 Å². The van der Waals surface area contributed by atoms with Crippen molar-refractivity contribution in [3.8, 4) is 11.5 Å². The van der Waals surface area contributed by atoms with Crippen molar-refractivity contribution in [3.63, 3.8) is 0 Å². The van der Waals surface area contributed by atoms with E-state index in [0.717, 1.165) is 37.5 Å². The van der Waals surface area contributed by atoms with Gasteiger partial charge in [-0.2, -0.15) is 0 Å². The van der Waals surface area contributed by atoms with Gasteiger partial charge in [-0.3, -0.25) is 0 Å². The van der Waals surface area contributed by atoms with Crippen LogP contribution in [0, 0.1) is 0 Å². The fourth-order valence-electron chi connectivity index (χ4n) is 2.68. The monoisotopic (exact) mass is 263 g/mol. The lowest BCUT2D eigenvalue weighted by atomic mass is 10.1. The summed E-state index contributed by atoms with van der Waals surface area (Å²) in [6, 6.07) is 6.45. The van der Waals surface area contributed by atoms with E-state index in [9.17, 15) is 0 Å². The number of fused-ring (bicyclic) bond motifs is 1. The number of rotatable bonds is 4. The van der Waals surface area contributed by atoms with Crippen LogP contribution < -0.4 is 14.8 Å². The molecule has 3 rings (SSSR count). The summed E-state index contributed by atoms with van der Waals surface area (Å²) < 4.78 is 17.1. The molecule has 1 fully saturated rings. The summed E-state index contributed by atoms with van der Waals surface area (Å²) in [5, 5.41) is 3.42. The first-order valence-corrected chi connectivity index (χ1v) is 7.11. The summed E-state index contributed by atoms with van der Waals surface area (Å²) in [5.41, 5.74) is 1.23. The Kier molecular flexibility index (Phi) is 3.89. The molecule has 104 valence electrons. The van der Waals surface area contributed by atoms with Crippen LogP contribution in [0.1, 0.15) is 31.4 Å². The van der Waals surface area contributed by atoms with Crippen LogP contribution in [0.4, 0.5) is 0 Å². The molecule has 0 spiro atoms. The molecular formula is C15H21NO3. The SMILES string of the molecule is CCNC1COc2cc(OC3CCCOC3)ccc21.